The van der Waals surface area contributed by atoms with Crippen molar-refractivity contribution < 1.29 is 19.5 Å². The molecule has 0 bridgehead atoms. The molecule has 1 aliphatic carbocycles. The lowest BCUT2D eigenvalue weighted by atomic mass is 9.90. The number of rotatable bonds is 4. The number of piperidine rings is 1. The maximum atomic E-state index is 12.6. The molecule has 9 nitrogen and oxygen atoms in total. The zero-order chi connectivity index (χ0) is 28.2. The fourth-order valence-electron chi connectivity index (χ4n) is 6.60. The third-order valence-electron chi connectivity index (χ3n) is 8.48. The van der Waals surface area contributed by atoms with Gasteiger partial charge in [0.15, 0.2) is 0 Å². The average Bonchev–Trinajstić information content (AvgIpc) is 3.42. The lowest BCUT2D eigenvalue weighted by Crippen LogP contribution is -2.40. The lowest BCUT2D eigenvalue weighted by Gasteiger charge is -2.38. The number of nitriles is 1. The van der Waals surface area contributed by atoms with E-state index in [4.69, 9.17) is 9.90 Å². The predicted molar refractivity (Wildman–Crippen MR) is 152 cm³/mol. The third kappa shape index (κ3) is 4.53. The first-order valence-electron chi connectivity index (χ1n) is 13.6. The highest BCUT2D eigenvalue weighted by Crippen LogP contribution is 2.48. The molecule has 2 unspecified atom stereocenters. The Kier molecular flexibility index (Phi) is 6.59. The number of benzene rings is 1. The molecule has 4 aliphatic rings. The number of carbonyl (C=O) groups excluding carboxylic acids is 2. The van der Waals surface area contributed by atoms with Crippen LogP contribution in [0.3, 0.4) is 0 Å². The number of nitrogens with zero attached hydrogens (tertiary/aromatic N) is 4. The monoisotopic (exact) mass is 557 g/mol. The molecule has 3 aromatic rings. The summed E-state index contributed by atoms with van der Waals surface area (Å²) in [5, 5.41) is 20.4. The maximum Gasteiger partial charge on any atom is 0.290 e. The van der Waals surface area contributed by atoms with Gasteiger partial charge in [0.05, 0.1) is 40.2 Å². The molecule has 1 aromatic carbocycles. The van der Waals surface area contributed by atoms with E-state index in [2.05, 4.69) is 41.2 Å². The first kappa shape index (κ1) is 26.4. The number of carbonyl (C=O) groups is 3. The van der Waals surface area contributed by atoms with E-state index in [0.717, 1.165) is 65.0 Å². The molecule has 2 amide bonds. The van der Waals surface area contributed by atoms with E-state index in [1.165, 1.54) is 16.2 Å². The number of amides is 2. The highest BCUT2D eigenvalue weighted by Gasteiger charge is 2.58. The Morgan fingerprint density at radius 2 is 1.98 bits per heavy atom. The number of aryl methyl sites for hydroxylation is 1. The van der Waals surface area contributed by atoms with Crippen molar-refractivity contribution in [1.82, 2.24) is 15.2 Å². The second kappa shape index (κ2) is 9.98. The Bertz CT molecular complexity index is 1550. The number of aromatic nitrogens is 1. The minimum Gasteiger partial charge on any atom is -0.483 e. The first-order valence-corrected chi connectivity index (χ1v) is 14.5. The largest absolute Gasteiger partial charge is 0.483 e. The van der Waals surface area contributed by atoms with Crippen LogP contribution in [-0.2, 0) is 27.3 Å². The molecule has 7 rings (SSSR count). The summed E-state index contributed by atoms with van der Waals surface area (Å²) in [4.78, 5) is 43.1. The Hall–Kier alpha value is -3.81. The van der Waals surface area contributed by atoms with Gasteiger partial charge in [0.2, 0.25) is 11.8 Å². The van der Waals surface area contributed by atoms with Gasteiger partial charge in [0.25, 0.3) is 6.47 Å². The van der Waals surface area contributed by atoms with Crippen molar-refractivity contribution in [2.75, 3.05) is 18.0 Å². The van der Waals surface area contributed by atoms with E-state index in [9.17, 15) is 14.9 Å². The van der Waals surface area contributed by atoms with Crippen LogP contribution in [0.25, 0.3) is 21.3 Å². The van der Waals surface area contributed by atoms with Crippen LogP contribution in [-0.4, -0.2) is 57.9 Å². The standard InChI is InChI=1S/C29H29N5O2S.CH2O2/c1-29(2)12-18(14-32-29)33-7-3-4-17-8-16(13-30)9-21(25(17)33)20-5-6-31-24-10-19(37-26(20)24)15-34-27(35)22-11-23(22)28(34)36;2-1-3/h5-6,8-10,18,22-23,32H,3-4,7,11-12,14-15H2,1-2H3;1H,(H,2,3)/t18-,22?,23?;/m0./s1. The normalized spacial score (nSPS) is 24.3. The molecular weight excluding hydrogens is 526 g/mol. The molecule has 206 valence electrons. The number of pyridine rings is 1. The van der Waals surface area contributed by atoms with Crippen LogP contribution in [0.4, 0.5) is 5.69 Å². The van der Waals surface area contributed by atoms with Gasteiger partial charge >= 0.3 is 0 Å². The zero-order valence-electron chi connectivity index (χ0n) is 22.5. The summed E-state index contributed by atoms with van der Waals surface area (Å²) >= 11 is 1.60. The van der Waals surface area contributed by atoms with E-state index < -0.39 is 0 Å². The molecule has 2 aromatic heterocycles. The minimum absolute atomic E-state index is 0.0276. The smallest absolute Gasteiger partial charge is 0.290 e. The van der Waals surface area contributed by atoms with Gasteiger partial charge in [-0.1, -0.05) is 0 Å². The molecule has 3 fully saturated rings. The van der Waals surface area contributed by atoms with Crippen molar-refractivity contribution in [3.8, 4) is 17.2 Å². The van der Waals surface area contributed by atoms with Gasteiger partial charge in [-0.15, -0.1) is 11.3 Å². The number of hydrogen-bond donors (Lipinski definition) is 2. The Balaban J connectivity index is 0.000000925. The number of anilines is 1. The van der Waals surface area contributed by atoms with Crippen molar-refractivity contribution in [1.29, 1.82) is 5.26 Å². The molecular formula is C30H31N5O4S. The van der Waals surface area contributed by atoms with Gasteiger partial charge in [-0.3, -0.25) is 24.3 Å². The number of likely N-dealkylation sites (tertiary alicyclic amines) is 1. The summed E-state index contributed by atoms with van der Waals surface area (Å²) in [5.41, 5.74) is 6.26. The quantitative estimate of drug-likeness (QED) is 0.365. The van der Waals surface area contributed by atoms with Crippen molar-refractivity contribution in [2.24, 2.45) is 11.8 Å². The van der Waals surface area contributed by atoms with Gasteiger partial charge in [-0.25, -0.2) is 0 Å². The maximum absolute atomic E-state index is 12.6. The first-order chi connectivity index (χ1) is 19.2. The molecule has 0 spiro atoms. The van der Waals surface area contributed by atoms with E-state index in [1.54, 1.807) is 11.3 Å². The second-order valence-electron chi connectivity index (χ2n) is 11.7. The van der Waals surface area contributed by atoms with Crippen LogP contribution in [0, 0.1) is 23.2 Å². The fourth-order valence-corrected chi connectivity index (χ4v) is 7.73. The van der Waals surface area contributed by atoms with Gasteiger partial charge in [0, 0.05) is 52.6 Å². The van der Waals surface area contributed by atoms with E-state index in [1.807, 2.05) is 24.4 Å². The highest BCUT2D eigenvalue weighted by molar-refractivity contribution is 7.19. The summed E-state index contributed by atoms with van der Waals surface area (Å²) in [6, 6.07) is 10.9. The number of carboxylic acid groups (broad SMARTS) is 1. The molecule has 3 atom stereocenters. The van der Waals surface area contributed by atoms with Crippen LogP contribution in [0.1, 0.15) is 49.1 Å². The van der Waals surface area contributed by atoms with Crippen molar-refractivity contribution in [3.05, 3.63) is 46.5 Å². The third-order valence-corrected chi connectivity index (χ3v) is 9.62. The van der Waals surface area contributed by atoms with Crippen LogP contribution in [0.15, 0.2) is 30.5 Å². The highest BCUT2D eigenvalue weighted by atomic mass is 32.1. The number of fused-ring (bicyclic) bond motifs is 3. The van der Waals surface area contributed by atoms with Crippen LogP contribution in [0.5, 0.6) is 0 Å². The van der Waals surface area contributed by atoms with Gasteiger partial charge in [-0.05, 0) is 69.4 Å². The Morgan fingerprint density at radius 1 is 1.23 bits per heavy atom. The zero-order valence-corrected chi connectivity index (χ0v) is 23.3. The summed E-state index contributed by atoms with van der Waals surface area (Å²) in [6.07, 6.45) is 5.65. The van der Waals surface area contributed by atoms with E-state index >= 15 is 0 Å². The molecule has 1 saturated carbocycles. The predicted octanol–water partition coefficient (Wildman–Crippen LogP) is 3.93. The van der Waals surface area contributed by atoms with Gasteiger partial charge < -0.3 is 15.3 Å². The van der Waals surface area contributed by atoms with Crippen molar-refractivity contribution >= 4 is 45.5 Å². The Morgan fingerprint density at radius 3 is 2.65 bits per heavy atom. The second-order valence-corrected chi connectivity index (χ2v) is 12.8. The SMILES string of the molecule is CC1(C)C[C@H](N2CCCc3cc(C#N)cc(-c4ccnc5cc(CN6C(=O)C7CC7C6=O)sc45)c32)CN1.O=CO. The number of nitrogens with one attached hydrogen (secondary N) is 1. The summed E-state index contributed by atoms with van der Waals surface area (Å²) < 4.78 is 1.04. The minimum atomic E-state index is -0.250. The molecule has 2 saturated heterocycles. The summed E-state index contributed by atoms with van der Waals surface area (Å²) in [5.74, 6) is -0.228. The molecule has 0 radical (unpaired) electrons. The van der Waals surface area contributed by atoms with E-state index in [-0.39, 0.29) is 35.7 Å². The van der Waals surface area contributed by atoms with Crippen LogP contribution < -0.4 is 10.2 Å². The van der Waals surface area contributed by atoms with Crippen LogP contribution in [0.2, 0.25) is 0 Å². The van der Waals surface area contributed by atoms with Gasteiger partial charge in [0.1, 0.15) is 0 Å². The molecule has 10 heteroatoms. The molecule has 2 N–H and O–H groups in total. The van der Waals surface area contributed by atoms with Crippen LogP contribution >= 0.6 is 11.3 Å². The summed E-state index contributed by atoms with van der Waals surface area (Å²) in [6.45, 7) is 6.53. The number of hydrogen-bond acceptors (Lipinski definition) is 8. The summed E-state index contributed by atoms with van der Waals surface area (Å²) in [7, 11) is 0. The Labute approximate surface area is 236 Å². The van der Waals surface area contributed by atoms with Gasteiger partial charge in [-0.2, -0.15) is 5.26 Å². The number of thiophene rings is 1. The number of imide groups is 1. The molecule has 5 heterocycles. The van der Waals surface area contributed by atoms with Crippen molar-refractivity contribution in [2.45, 2.75) is 57.7 Å². The van der Waals surface area contributed by atoms with Crippen molar-refractivity contribution in [3.63, 3.8) is 0 Å². The molecule has 40 heavy (non-hydrogen) atoms. The average molecular weight is 558 g/mol. The lowest BCUT2D eigenvalue weighted by molar-refractivity contribution is -0.142. The topological polar surface area (TPSA) is 127 Å². The fraction of sp³-hybridized carbons (Fsp3) is 0.433. The van der Waals surface area contributed by atoms with E-state index in [0.29, 0.717) is 18.2 Å². The molecule has 3 aliphatic heterocycles.